The van der Waals surface area contributed by atoms with Crippen LogP contribution in [-0.4, -0.2) is 32.7 Å². The third kappa shape index (κ3) is 5.97. The van der Waals surface area contributed by atoms with Gasteiger partial charge in [-0.15, -0.1) is 0 Å². The third-order valence-electron chi connectivity index (χ3n) is 5.61. The van der Waals surface area contributed by atoms with Gasteiger partial charge in [-0.1, -0.05) is 0 Å². The van der Waals surface area contributed by atoms with Gasteiger partial charge in [0.15, 0.2) is 0 Å². The van der Waals surface area contributed by atoms with Gasteiger partial charge in [-0.2, -0.15) is 0 Å². The van der Waals surface area contributed by atoms with E-state index in [0.717, 1.165) is 0 Å². The Balaban J connectivity index is 1.49. The summed E-state index contributed by atoms with van der Waals surface area (Å²) in [5, 5.41) is 8.54. The van der Waals surface area contributed by atoms with E-state index in [2.05, 4.69) is 30.9 Å². The number of hydrogen-bond donors (Lipinski definition) is 3. The van der Waals surface area contributed by atoms with Crippen LogP contribution in [0.5, 0.6) is 0 Å². The van der Waals surface area contributed by atoms with E-state index in [1.54, 1.807) is 73.6 Å². The van der Waals surface area contributed by atoms with Crippen LogP contribution in [0.25, 0.3) is 0 Å². The average Bonchev–Trinajstić information content (AvgIpc) is 2.85. The van der Waals surface area contributed by atoms with E-state index < -0.39 is 17.8 Å². The second-order valence-corrected chi connectivity index (χ2v) is 7.99. The van der Waals surface area contributed by atoms with Gasteiger partial charge in [0.25, 0.3) is 0 Å². The number of nitrogens with one attached hydrogen (secondary N) is 3. The summed E-state index contributed by atoms with van der Waals surface area (Å²) in [6.45, 7) is 0. The largest absolute Gasteiger partial charge is 0.324 e. The third-order valence-corrected chi connectivity index (χ3v) is 5.61. The van der Waals surface area contributed by atoms with Crippen molar-refractivity contribution in [1.29, 1.82) is 0 Å². The summed E-state index contributed by atoms with van der Waals surface area (Å²) in [6.07, 6.45) is 10.5. The number of anilines is 3. The van der Waals surface area contributed by atoms with Crippen molar-refractivity contribution in [3.05, 3.63) is 73.6 Å². The van der Waals surface area contributed by atoms with Crippen LogP contribution in [0.3, 0.4) is 0 Å². The van der Waals surface area contributed by atoms with Gasteiger partial charge < -0.3 is 16.0 Å². The second kappa shape index (κ2) is 10.4. The molecular weight excluding hydrogens is 420 g/mol. The highest BCUT2D eigenvalue weighted by molar-refractivity contribution is 5.98. The molecule has 0 spiro atoms. The number of pyridine rings is 3. The van der Waals surface area contributed by atoms with Crippen molar-refractivity contribution in [3.63, 3.8) is 0 Å². The van der Waals surface area contributed by atoms with Gasteiger partial charge in [0, 0.05) is 36.3 Å². The molecule has 3 N–H and O–H groups in total. The Bertz CT molecular complexity index is 947. The highest BCUT2D eigenvalue weighted by Gasteiger charge is 2.39. The molecule has 3 heterocycles. The van der Waals surface area contributed by atoms with E-state index in [4.69, 9.17) is 0 Å². The van der Waals surface area contributed by atoms with Crippen molar-refractivity contribution < 1.29 is 14.4 Å². The van der Waals surface area contributed by atoms with Gasteiger partial charge in [-0.25, -0.2) is 0 Å². The molecule has 0 atom stereocenters. The molecule has 1 saturated carbocycles. The lowest BCUT2D eigenvalue weighted by atomic mass is 9.74. The topological polar surface area (TPSA) is 126 Å². The minimum absolute atomic E-state index is 0.235. The molecule has 1 aliphatic carbocycles. The molecule has 1 fully saturated rings. The smallest absolute Gasteiger partial charge is 0.227 e. The Kier molecular flexibility index (Phi) is 6.99. The number of carbonyl (C=O) groups excluding carboxylic acids is 3. The molecule has 0 aromatic carbocycles. The van der Waals surface area contributed by atoms with E-state index >= 15 is 0 Å². The molecule has 3 aromatic rings. The molecule has 0 aliphatic heterocycles. The maximum absolute atomic E-state index is 13.0. The summed E-state index contributed by atoms with van der Waals surface area (Å²) in [4.78, 5) is 51.0. The molecule has 0 unspecified atom stereocenters. The lowest BCUT2D eigenvalue weighted by molar-refractivity contribution is -0.129. The summed E-state index contributed by atoms with van der Waals surface area (Å²) in [5.41, 5.74) is 1.71. The average molecular weight is 444 g/mol. The van der Waals surface area contributed by atoms with Gasteiger partial charge in [0.2, 0.25) is 17.7 Å². The standard InChI is InChI=1S/C24H24N6O3/c31-22(28-19-4-1-7-25-13-19)16-10-17(23(32)29-20-5-2-8-26-14-20)12-18(11-16)24(33)30-21-6-3-9-27-15-21/h1-9,13-18H,10-12H2,(H,28,31)(H,29,32)(H,30,33). The molecule has 0 bridgehead atoms. The fraction of sp³-hybridized carbons (Fsp3) is 0.250. The Hall–Kier alpha value is -4.14. The highest BCUT2D eigenvalue weighted by Crippen LogP contribution is 2.35. The first-order valence-electron chi connectivity index (χ1n) is 10.7. The first-order valence-corrected chi connectivity index (χ1v) is 10.7. The molecule has 0 radical (unpaired) electrons. The number of aromatic nitrogens is 3. The molecule has 1 aliphatic rings. The minimum atomic E-state index is -0.506. The van der Waals surface area contributed by atoms with Crippen LogP contribution >= 0.6 is 0 Å². The maximum atomic E-state index is 13.0. The van der Waals surface area contributed by atoms with Gasteiger partial charge in [-0.3, -0.25) is 29.3 Å². The first kappa shape index (κ1) is 22.1. The number of amides is 3. The minimum Gasteiger partial charge on any atom is -0.324 e. The van der Waals surface area contributed by atoms with Crippen LogP contribution in [0.2, 0.25) is 0 Å². The molecular formula is C24H24N6O3. The van der Waals surface area contributed by atoms with Crippen LogP contribution in [0.15, 0.2) is 73.6 Å². The van der Waals surface area contributed by atoms with Crippen molar-refractivity contribution in [2.24, 2.45) is 17.8 Å². The van der Waals surface area contributed by atoms with Crippen molar-refractivity contribution in [2.75, 3.05) is 16.0 Å². The fourth-order valence-corrected chi connectivity index (χ4v) is 4.00. The first-order chi connectivity index (χ1) is 16.1. The summed E-state index contributed by atoms with van der Waals surface area (Å²) in [6, 6.07) is 10.4. The molecule has 0 saturated heterocycles. The molecule has 3 aromatic heterocycles. The predicted octanol–water partition coefficient (Wildman–Crippen LogP) is 3.12. The Morgan fingerprint density at radius 3 is 1.12 bits per heavy atom. The SMILES string of the molecule is O=C(Nc1cccnc1)C1CC(C(=O)Nc2cccnc2)CC(C(=O)Nc2cccnc2)C1. The highest BCUT2D eigenvalue weighted by atomic mass is 16.2. The number of carbonyl (C=O) groups is 3. The van der Waals surface area contributed by atoms with Gasteiger partial charge in [-0.05, 0) is 55.7 Å². The van der Waals surface area contributed by atoms with Crippen molar-refractivity contribution in [2.45, 2.75) is 19.3 Å². The van der Waals surface area contributed by atoms with E-state index in [1.165, 1.54) is 0 Å². The molecule has 168 valence electrons. The van der Waals surface area contributed by atoms with Crippen LogP contribution in [0.4, 0.5) is 17.1 Å². The molecule has 33 heavy (non-hydrogen) atoms. The summed E-state index contributed by atoms with van der Waals surface area (Å²) < 4.78 is 0. The lowest BCUT2D eigenvalue weighted by Gasteiger charge is -2.33. The van der Waals surface area contributed by atoms with Gasteiger partial charge >= 0.3 is 0 Å². The number of nitrogens with zero attached hydrogens (tertiary/aromatic N) is 3. The zero-order valence-electron chi connectivity index (χ0n) is 17.8. The lowest BCUT2D eigenvalue weighted by Crippen LogP contribution is -2.40. The Labute approximate surface area is 191 Å². The monoisotopic (exact) mass is 444 g/mol. The van der Waals surface area contributed by atoms with Gasteiger partial charge in [0.1, 0.15) is 0 Å². The van der Waals surface area contributed by atoms with Crippen molar-refractivity contribution >= 4 is 34.8 Å². The van der Waals surface area contributed by atoms with Crippen LogP contribution in [0, 0.1) is 17.8 Å². The van der Waals surface area contributed by atoms with E-state index in [-0.39, 0.29) is 17.7 Å². The molecule has 9 nitrogen and oxygen atoms in total. The fourth-order valence-electron chi connectivity index (χ4n) is 4.00. The van der Waals surface area contributed by atoms with E-state index in [0.29, 0.717) is 36.3 Å². The van der Waals surface area contributed by atoms with E-state index in [1.807, 2.05) is 0 Å². The van der Waals surface area contributed by atoms with Gasteiger partial charge in [0.05, 0.1) is 35.7 Å². The summed E-state index contributed by atoms with van der Waals surface area (Å²) >= 11 is 0. The second-order valence-electron chi connectivity index (χ2n) is 7.99. The van der Waals surface area contributed by atoms with Crippen molar-refractivity contribution in [3.8, 4) is 0 Å². The van der Waals surface area contributed by atoms with Crippen LogP contribution in [0.1, 0.15) is 19.3 Å². The number of rotatable bonds is 6. The zero-order valence-corrected chi connectivity index (χ0v) is 17.8. The normalized spacial score (nSPS) is 19.8. The summed E-state index contributed by atoms with van der Waals surface area (Å²) in [7, 11) is 0. The van der Waals surface area contributed by atoms with Crippen LogP contribution in [-0.2, 0) is 14.4 Å². The predicted molar refractivity (Wildman–Crippen MR) is 123 cm³/mol. The molecule has 3 amide bonds. The Morgan fingerprint density at radius 2 is 0.879 bits per heavy atom. The number of hydrogen-bond acceptors (Lipinski definition) is 6. The molecule has 9 heteroatoms. The quantitative estimate of drug-likeness (QED) is 0.536. The van der Waals surface area contributed by atoms with Crippen molar-refractivity contribution in [1.82, 2.24) is 15.0 Å². The zero-order chi connectivity index (χ0) is 23.0. The van der Waals surface area contributed by atoms with E-state index in [9.17, 15) is 14.4 Å². The van der Waals surface area contributed by atoms with Crippen LogP contribution < -0.4 is 16.0 Å². The maximum Gasteiger partial charge on any atom is 0.227 e. The molecule has 4 rings (SSSR count). The summed E-state index contributed by atoms with van der Waals surface area (Å²) in [5.74, 6) is -2.22. The Morgan fingerprint density at radius 1 is 0.576 bits per heavy atom.